The molecule has 1 rings (SSSR count). The zero-order valence-electron chi connectivity index (χ0n) is 11.4. The summed E-state index contributed by atoms with van der Waals surface area (Å²) in [4.78, 5) is 0. The third-order valence-electron chi connectivity index (χ3n) is 2.75. The molecule has 108 valence electrons. The first-order chi connectivity index (χ1) is 9.02. The van der Waals surface area contributed by atoms with Crippen molar-refractivity contribution in [1.29, 1.82) is 0 Å². The number of nitrogens with two attached hydrogens (primary N) is 1. The van der Waals surface area contributed by atoms with E-state index in [9.17, 15) is 8.42 Å². The van der Waals surface area contributed by atoms with Crippen LogP contribution in [0.3, 0.4) is 0 Å². The largest absolute Gasteiger partial charge is 0.493 e. The topological polar surface area (TPSA) is 78.6 Å². The summed E-state index contributed by atoms with van der Waals surface area (Å²) in [5.74, 6) is 1.29. The van der Waals surface area contributed by atoms with Gasteiger partial charge in [-0.15, -0.1) is 0 Å². The molecule has 0 bridgehead atoms. The molecule has 0 aliphatic rings. The maximum atomic E-state index is 11.4. The summed E-state index contributed by atoms with van der Waals surface area (Å²) in [6.45, 7) is 2.32. The van der Waals surface area contributed by atoms with E-state index in [0.29, 0.717) is 18.0 Å². The maximum Gasteiger partial charge on any atom is 0.161 e. The van der Waals surface area contributed by atoms with Gasteiger partial charge in [0.15, 0.2) is 21.3 Å². The summed E-state index contributed by atoms with van der Waals surface area (Å²) in [6.07, 6.45) is 0.765. The minimum Gasteiger partial charge on any atom is -0.493 e. The molecule has 0 spiro atoms. The van der Waals surface area contributed by atoms with Crippen LogP contribution in [0.2, 0.25) is 0 Å². The van der Waals surface area contributed by atoms with Crippen molar-refractivity contribution in [2.45, 2.75) is 13.3 Å². The number of ether oxygens (including phenoxy) is 2. The highest BCUT2D eigenvalue weighted by molar-refractivity contribution is 7.91. The summed E-state index contributed by atoms with van der Waals surface area (Å²) in [5.41, 5.74) is 6.56. The highest BCUT2D eigenvalue weighted by Gasteiger charge is 2.10. The van der Waals surface area contributed by atoms with E-state index in [4.69, 9.17) is 15.2 Å². The lowest BCUT2D eigenvalue weighted by atomic mass is 10.1. The maximum absolute atomic E-state index is 11.4. The number of sulfone groups is 1. The normalized spacial score (nSPS) is 11.3. The average Bonchev–Trinajstić information content (AvgIpc) is 2.40. The van der Waals surface area contributed by atoms with Crippen LogP contribution in [0, 0.1) is 0 Å². The molecule has 0 fully saturated rings. The predicted molar refractivity (Wildman–Crippen MR) is 75.6 cm³/mol. The van der Waals surface area contributed by atoms with E-state index in [1.54, 1.807) is 20.1 Å². The third-order valence-corrected chi connectivity index (χ3v) is 4.42. The Morgan fingerprint density at radius 1 is 1.26 bits per heavy atom. The van der Waals surface area contributed by atoms with Gasteiger partial charge in [0.05, 0.1) is 12.9 Å². The molecule has 0 unspecified atom stereocenters. The molecule has 0 amide bonds. The standard InChI is InChI=1S/C13H21NO4S/c1-3-19(15,16)9-8-18-12-5-4-11(6-7-14)10-13(12)17-2/h4-5,10H,3,6-9,14H2,1-2H3. The van der Waals surface area contributed by atoms with Crippen LogP contribution in [0.25, 0.3) is 0 Å². The van der Waals surface area contributed by atoms with Gasteiger partial charge >= 0.3 is 0 Å². The molecule has 0 aromatic heterocycles. The third kappa shape index (κ3) is 5.08. The zero-order valence-corrected chi connectivity index (χ0v) is 12.2. The summed E-state index contributed by atoms with van der Waals surface area (Å²) in [5, 5.41) is 0. The number of hydrogen-bond acceptors (Lipinski definition) is 5. The van der Waals surface area contributed by atoms with Crippen LogP contribution in [-0.2, 0) is 16.3 Å². The fourth-order valence-electron chi connectivity index (χ4n) is 1.58. The van der Waals surface area contributed by atoms with Gasteiger partial charge in [-0.1, -0.05) is 13.0 Å². The first kappa shape index (κ1) is 15.8. The molecule has 2 N–H and O–H groups in total. The van der Waals surface area contributed by atoms with Crippen molar-refractivity contribution >= 4 is 9.84 Å². The van der Waals surface area contributed by atoms with Crippen LogP contribution in [-0.4, -0.2) is 40.2 Å². The van der Waals surface area contributed by atoms with Crippen LogP contribution in [0.4, 0.5) is 0 Å². The van der Waals surface area contributed by atoms with Crippen molar-refractivity contribution in [1.82, 2.24) is 0 Å². The lowest BCUT2D eigenvalue weighted by Crippen LogP contribution is -2.15. The predicted octanol–water partition coefficient (Wildman–Crippen LogP) is 1.01. The van der Waals surface area contributed by atoms with Crippen LogP contribution in [0.1, 0.15) is 12.5 Å². The molecular weight excluding hydrogens is 266 g/mol. The van der Waals surface area contributed by atoms with E-state index in [1.165, 1.54) is 0 Å². The number of methoxy groups -OCH3 is 1. The molecule has 0 aliphatic carbocycles. The molecule has 0 saturated carbocycles. The molecule has 1 aromatic rings. The van der Waals surface area contributed by atoms with Crippen LogP contribution >= 0.6 is 0 Å². The summed E-state index contributed by atoms with van der Waals surface area (Å²) in [6, 6.07) is 5.54. The van der Waals surface area contributed by atoms with Gasteiger partial charge in [0.1, 0.15) is 6.61 Å². The van der Waals surface area contributed by atoms with E-state index in [0.717, 1.165) is 12.0 Å². The molecule has 0 radical (unpaired) electrons. The minimum absolute atomic E-state index is 0.0111. The zero-order chi connectivity index (χ0) is 14.3. The van der Waals surface area contributed by atoms with Crippen molar-refractivity contribution < 1.29 is 17.9 Å². The van der Waals surface area contributed by atoms with Gasteiger partial charge in [-0.3, -0.25) is 0 Å². The van der Waals surface area contributed by atoms with Crippen LogP contribution in [0.5, 0.6) is 11.5 Å². The monoisotopic (exact) mass is 287 g/mol. The second kappa shape index (κ2) is 7.35. The Kier molecular flexibility index (Phi) is 6.11. The average molecular weight is 287 g/mol. The SMILES string of the molecule is CCS(=O)(=O)CCOc1ccc(CCN)cc1OC. The van der Waals surface area contributed by atoms with E-state index in [2.05, 4.69) is 0 Å². The smallest absolute Gasteiger partial charge is 0.161 e. The molecule has 0 aliphatic heterocycles. The second-order valence-electron chi connectivity index (χ2n) is 4.11. The van der Waals surface area contributed by atoms with Crippen molar-refractivity contribution in [3.05, 3.63) is 23.8 Å². The lowest BCUT2D eigenvalue weighted by molar-refractivity contribution is 0.311. The van der Waals surface area contributed by atoms with Gasteiger partial charge in [-0.25, -0.2) is 8.42 Å². The molecule has 0 saturated heterocycles. The molecule has 1 aromatic carbocycles. The van der Waals surface area contributed by atoms with Crippen molar-refractivity contribution in [3.63, 3.8) is 0 Å². The van der Waals surface area contributed by atoms with Crippen LogP contribution < -0.4 is 15.2 Å². The minimum atomic E-state index is -3.01. The highest BCUT2D eigenvalue weighted by Crippen LogP contribution is 2.28. The van der Waals surface area contributed by atoms with Gasteiger partial charge in [-0.05, 0) is 30.7 Å². The molecule has 5 nitrogen and oxygen atoms in total. The van der Waals surface area contributed by atoms with Gasteiger partial charge < -0.3 is 15.2 Å². The van der Waals surface area contributed by atoms with Crippen LogP contribution in [0.15, 0.2) is 18.2 Å². The van der Waals surface area contributed by atoms with E-state index < -0.39 is 9.84 Å². The Bertz CT molecular complexity index is 499. The van der Waals surface area contributed by atoms with E-state index in [-0.39, 0.29) is 18.1 Å². The van der Waals surface area contributed by atoms with Gasteiger partial charge in [0, 0.05) is 5.75 Å². The Morgan fingerprint density at radius 2 is 2.00 bits per heavy atom. The van der Waals surface area contributed by atoms with Gasteiger partial charge in [0.2, 0.25) is 0 Å². The second-order valence-corrected chi connectivity index (χ2v) is 6.58. The lowest BCUT2D eigenvalue weighted by Gasteiger charge is -2.12. The Balaban J connectivity index is 2.68. The molecule has 19 heavy (non-hydrogen) atoms. The molecule has 0 heterocycles. The highest BCUT2D eigenvalue weighted by atomic mass is 32.2. The Morgan fingerprint density at radius 3 is 2.58 bits per heavy atom. The summed E-state index contributed by atoms with van der Waals surface area (Å²) < 4.78 is 33.4. The summed E-state index contributed by atoms with van der Waals surface area (Å²) >= 11 is 0. The van der Waals surface area contributed by atoms with E-state index >= 15 is 0 Å². The van der Waals surface area contributed by atoms with Gasteiger partial charge in [-0.2, -0.15) is 0 Å². The fraction of sp³-hybridized carbons (Fsp3) is 0.538. The first-order valence-electron chi connectivity index (χ1n) is 6.22. The number of hydrogen-bond donors (Lipinski definition) is 1. The number of benzene rings is 1. The fourth-order valence-corrected chi connectivity index (χ4v) is 2.20. The van der Waals surface area contributed by atoms with Crippen molar-refractivity contribution in [3.8, 4) is 11.5 Å². The summed E-state index contributed by atoms with van der Waals surface area (Å²) in [7, 11) is -1.46. The van der Waals surface area contributed by atoms with E-state index in [1.807, 2.05) is 12.1 Å². The molecule has 6 heteroatoms. The van der Waals surface area contributed by atoms with Crippen molar-refractivity contribution in [2.75, 3.05) is 31.8 Å². The quantitative estimate of drug-likeness (QED) is 0.772. The van der Waals surface area contributed by atoms with Crippen molar-refractivity contribution in [2.24, 2.45) is 5.73 Å². The first-order valence-corrected chi connectivity index (χ1v) is 8.04. The van der Waals surface area contributed by atoms with Gasteiger partial charge in [0.25, 0.3) is 0 Å². The molecule has 0 atom stereocenters. The number of rotatable bonds is 8. The Hall–Kier alpha value is -1.27. The molecular formula is C13H21NO4S. The Labute approximate surface area is 114 Å².